The summed E-state index contributed by atoms with van der Waals surface area (Å²) in [6, 6.07) is 36.7. The largest absolute Gasteiger partial charge is 0.354 e. The molecule has 9 rings (SSSR count). The van der Waals surface area contributed by atoms with Gasteiger partial charge in [0, 0.05) is 56.5 Å². The summed E-state index contributed by atoms with van der Waals surface area (Å²) in [6.07, 6.45) is 8.59. The number of H-pyrrole nitrogens is 2. The van der Waals surface area contributed by atoms with Gasteiger partial charge in [0.15, 0.2) is 0 Å². The zero-order chi connectivity index (χ0) is 54.5. The minimum Gasteiger partial charge on any atom is -0.354 e. The summed E-state index contributed by atoms with van der Waals surface area (Å²) in [5.41, 5.74) is 21.4. The number of aromatic amines is 2. The molecule has 2 aliphatic rings. The van der Waals surface area contributed by atoms with Crippen molar-refractivity contribution in [1.29, 1.82) is 0 Å². The number of nitrogens with zero attached hydrogens (tertiary/aromatic N) is 3. The highest BCUT2D eigenvalue weighted by Crippen LogP contribution is 2.44. The van der Waals surface area contributed by atoms with Crippen LogP contribution in [-0.4, -0.2) is 24.9 Å². The van der Waals surface area contributed by atoms with Crippen LogP contribution in [0, 0.1) is 10.1 Å². The third kappa shape index (κ3) is 10.6. The Hall–Kier alpha value is -7.12. The molecule has 2 N–H and O–H groups in total. The third-order valence-corrected chi connectivity index (χ3v) is 15.0. The van der Waals surface area contributed by atoms with E-state index in [1.54, 1.807) is 12.1 Å². The summed E-state index contributed by atoms with van der Waals surface area (Å²) in [5, 5.41) is 12.0. The van der Waals surface area contributed by atoms with Crippen molar-refractivity contribution in [2.75, 3.05) is 0 Å². The summed E-state index contributed by atoms with van der Waals surface area (Å²) in [7, 11) is 0. The monoisotopic (exact) mass is 996 g/mol. The molecule has 0 aliphatic carbocycles. The molecule has 4 aromatic carbocycles. The molecule has 7 aromatic rings. The van der Waals surface area contributed by atoms with Gasteiger partial charge in [0.05, 0.1) is 27.7 Å². The van der Waals surface area contributed by atoms with Gasteiger partial charge in [0.1, 0.15) is 0 Å². The molecule has 0 radical (unpaired) electrons. The Morgan fingerprint density at radius 1 is 0.333 bits per heavy atom. The fourth-order valence-corrected chi connectivity index (χ4v) is 10.1. The summed E-state index contributed by atoms with van der Waals surface area (Å²) in [6.45, 7) is 41.1. The second kappa shape index (κ2) is 18.3. The van der Waals surface area contributed by atoms with Gasteiger partial charge in [-0.05, 0) is 149 Å². The minimum atomic E-state index is -0.351. The summed E-state index contributed by atoms with van der Waals surface area (Å²) < 4.78 is 0. The molecule has 7 nitrogen and oxygen atoms in total. The van der Waals surface area contributed by atoms with Gasteiger partial charge in [-0.2, -0.15) is 0 Å². The van der Waals surface area contributed by atoms with Crippen LogP contribution < -0.4 is 0 Å². The number of benzene rings is 4. The Balaban J connectivity index is 1.53. The first-order valence-corrected chi connectivity index (χ1v) is 26.6. The standard InChI is InChI=1S/C68H77N5O2/c1-63(2,3)44-31-41(32-45(37-44)64(4,5)6)60-53-25-23-51(69-53)59(40-19-21-50(22-20-40)73(74)75)52-24-26-54(70-52)61(42-33-46(65(7,8)9)38-47(34-42)66(10,11)12)56-28-30-58(72-56)62(57-29-27-55(60)71-57)43-35-48(67(13,14)15)39-49(36-43)68(16,17)18/h19-39,69,72H,1-18H3. The third-order valence-electron chi connectivity index (χ3n) is 15.0. The molecule has 0 saturated carbocycles. The lowest BCUT2D eigenvalue weighted by Crippen LogP contribution is -2.16. The Labute approximate surface area is 445 Å². The van der Waals surface area contributed by atoms with E-state index in [4.69, 9.17) is 9.97 Å². The first-order valence-electron chi connectivity index (χ1n) is 26.6. The Bertz CT molecular complexity index is 3490. The van der Waals surface area contributed by atoms with E-state index in [0.29, 0.717) is 0 Å². The Morgan fingerprint density at radius 3 is 0.773 bits per heavy atom. The fraction of sp³-hybridized carbons (Fsp3) is 0.353. The molecule has 2 aliphatic heterocycles. The van der Waals surface area contributed by atoms with E-state index in [1.165, 1.54) is 33.4 Å². The van der Waals surface area contributed by atoms with Gasteiger partial charge in [-0.25, -0.2) is 9.97 Å². The molecule has 8 bridgehead atoms. The van der Waals surface area contributed by atoms with Gasteiger partial charge in [-0.15, -0.1) is 0 Å². The van der Waals surface area contributed by atoms with Gasteiger partial charge in [-0.3, -0.25) is 10.1 Å². The topological polar surface area (TPSA) is 100 Å². The van der Waals surface area contributed by atoms with Crippen molar-refractivity contribution < 1.29 is 4.92 Å². The lowest BCUT2D eigenvalue weighted by atomic mass is 9.78. The molecule has 0 saturated heterocycles. The molecule has 386 valence electrons. The van der Waals surface area contributed by atoms with Crippen molar-refractivity contribution in [3.63, 3.8) is 0 Å². The highest BCUT2D eigenvalue weighted by atomic mass is 16.6. The molecule has 0 atom stereocenters. The zero-order valence-electron chi connectivity index (χ0n) is 47.8. The van der Waals surface area contributed by atoms with E-state index in [-0.39, 0.29) is 43.1 Å². The predicted molar refractivity (Wildman–Crippen MR) is 319 cm³/mol. The highest BCUT2D eigenvalue weighted by molar-refractivity contribution is 6.00. The predicted octanol–water partition coefficient (Wildman–Crippen LogP) is 19.0. The molecule has 0 amide bonds. The molecular formula is C68H77N5O2. The van der Waals surface area contributed by atoms with Crippen molar-refractivity contribution in [2.24, 2.45) is 0 Å². The van der Waals surface area contributed by atoms with Gasteiger partial charge >= 0.3 is 0 Å². The van der Waals surface area contributed by atoms with Crippen LogP contribution in [0.1, 0.15) is 181 Å². The quantitative estimate of drug-likeness (QED) is 0.132. The molecule has 0 fully saturated rings. The fourth-order valence-electron chi connectivity index (χ4n) is 10.1. The van der Waals surface area contributed by atoms with Crippen LogP contribution >= 0.6 is 0 Å². The Morgan fingerprint density at radius 2 is 0.560 bits per heavy atom. The van der Waals surface area contributed by atoms with Crippen LogP contribution in [0.4, 0.5) is 5.69 Å². The van der Waals surface area contributed by atoms with E-state index in [9.17, 15) is 10.1 Å². The number of hydrogen-bond donors (Lipinski definition) is 2. The highest BCUT2D eigenvalue weighted by Gasteiger charge is 2.28. The number of rotatable bonds is 5. The van der Waals surface area contributed by atoms with E-state index < -0.39 is 0 Å². The maximum absolute atomic E-state index is 12.0. The Kier molecular flexibility index (Phi) is 12.9. The zero-order valence-corrected chi connectivity index (χ0v) is 47.8. The van der Waals surface area contributed by atoms with Gasteiger partial charge < -0.3 is 9.97 Å². The number of nitrogens with one attached hydrogen (secondary N) is 2. The van der Waals surface area contributed by atoms with Crippen LogP contribution in [0.15, 0.2) is 103 Å². The molecular weight excluding hydrogens is 919 g/mol. The van der Waals surface area contributed by atoms with Crippen LogP contribution in [0.5, 0.6) is 0 Å². The van der Waals surface area contributed by atoms with Crippen LogP contribution in [-0.2, 0) is 32.5 Å². The average Bonchev–Trinajstić information content (AvgIpc) is 4.16. The first-order chi connectivity index (χ1) is 34.7. The van der Waals surface area contributed by atoms with E-state index in [0.717, 1.165) is 89.4 Å². The first kappa shape index (κ1) is 52.7. The summed E-state index contributed by atoms with van der Waals surface area (Å²) >= 11 is 0. The van der Waals surface area contributed by atoms with Crippen molar-refractivity contribution in [3.8, 4) is 44.5 Å². The van der Waals surface area contributed by atoms with E-state index in [1.807, 2.05) is 12.1 Å². The number of aromatic nitrogens is 4. The minimum absolute atomic E-state index is 0.0282. The molecule has 5 heterocycles. The van der Waals surface area contributed by atoms with Gasteiger partial charge in [-0.1, -0.05) is 179 Å². The van der Waals surface area contributed by atoms with Crippen LogP contribution in [0.3, 0.4) is 0 Å². The van der Waals surface area contributed by atoms with Crippen molar-refractivity contribution in [1.82, 2.24) is 19.9 Å². The number of fused-ring (bicyclic) bond motifs is 8. The van der Waals surface area contributed by atoms with E-state index >= 15 is 0 Å². The molecule has 7 heteroatoms. The maximum Gasteiger partial charge on any atom is 0.269 e. The van der Waals surface area contributed by atoms with Crippen molar-refractivity contribution in [2.45, 2.75) is 157 Å². The normalized spacial score (nSPS) is 13.5. The van der Waals surface area contributed by atoms with Crippen LogP contribution in [0.2, 0.25) is 0 Å². The van der Waals surface area contributed by atoms with Crippen molar-refractivity contribution >= 4 is 52.1 Å². The number of nitro groups is 1. The van der Waals surface area contributed by atoms with E-state index in [2.05, 4.69) is 238 Å². The van der Waals surface area contributed by atoms with Gasteiger partial charge in [0.2, 0.25) is 0 Å². The molecule has 3 aromatic heterocycles. The lowest BCUT2D eigenvalue weighted by Gasteiger charge is -2.26. The summed E-state index contributed by atoms with van der Waals surface area (Å²) in [5.74, 6) is 0. The number of non-ortho nitro benzene ring substituents is 1. The molecule has 0 unspecified atom stereocenters. The number of hydrogen-bond acceptors (Lipinski definition) is 4. The average molecular weight is 996 g/mol. The lowest BCUT2D eigenvalue weighted by molar-refractivity contribution is -0.384. The second-order valence-electron chi connectivity index (χ2n) is 27.2. The van der Waals surface area contributed by atoms with Crippen molar-refractivity contribution in [3.05, 3.63) is 169 Å². The maximum atomic E-state index is 12.0. The van der Waals surface area contributed by atoms with Crippen LogP contribution in [0.25, 0.3) is 90.9 Å². The molecule has 75 heavy (non-hydrogen) atoms. The SMILES string of the molecule is CC(C)(C)c1cc(-c2c3nc(c(-c4cc(C(C)(C)C)cc(C(C)(C)C)c4)c4ccc([nH]4)c(-c4cc(C(C)(C)C)cc(C(C)(C)C)c4)c4nc(c(-c5ccc([N+](=O)[O-])cc5)c5ccc2[nH]5)C=C4)C=C3)cc(C(C)(C)C)c1. The number of nitro benzene ring substituents is 1. The summed E-state index contributed by atoms with van der Waals surface area (Å²) in [4.78, 5) is 31.0. The van der Waals surface area contributed by atoms with Gasteiger partial charge in [0.25, 0.3) is 5.69 Å². The second-order valence-corrected chi connectivity index (χ2v) is 27.2. The molecule has 0 spiro atoms. The smallest absolute Gasteiger partial charge is 0.269 e.